The molecule has 1 amide bonds. The van der Waals surface area contributed by atoms with Gasteiger partial charge in [-0.3, -0.25) is 9.69 Å². The first kappa shape index (κ1) is 15.6. The third-order valence-corrected chi connectivity index (χ3v) is 5.37. The standard InChI is InChI=1S/C17H20N2OS2/c1-12-6-7-14(13(2)10-12)19-16(20)15(22-17(19)21)11-18-8-4-3-5-9-18/h6-7,10-11H,3-5,8-9H2,1-2H3. The van der Waals surface area contributed by atoms with Crippen molar-refractivity contribution >= 4 is 39.9 Å². The average molecular weight is 332 g/mol. The van der Waals surface area contributed by atoms with Gasteiger partial charge in [0.15, 0.2) is 4.32 Å². The van der Waals surface area contributed by atoms with Gasteiger partial charge in [0.25, 0.3) is 5.91 Å². The first-order valence-corrected chi connectivity index (χ1v) is 8.88. The zero-order valence-electron chi connectivity index (χ0n) is 13.0. The Hall–Kier alpha value is -1.33. The Morgan fingerprint density at radius 2 is 1.91 bits per heavy atom. The molecule has 3 nitrogen and oxygen atoms in total. The molecule has 1 aromatic carbocycles. The van der Waals surface area contributed by atoms with Gasteiger partial charge in [-0.15, -0.1) is 0 Å². The van der Waals surface area contributed by atoms with Crippen LogP contribution in [0.3, 0.4) is 0 Å². The number of likely N-dealkylation sites (tertiary alicyclic amines) is 1. The van der Waals surface area contributed by atoms with Crippen LogP contribution in [0.2, 0.25) is 0 Å². The van der Waals surface area contributed by atoms with E-state index in [1.807, 2.05) is 25.3 Å². The van der Waals surface area contributed by atoms with E-state index in [0.717, 1.165) is 29.2 Å². The average Bonchev–Trinajstić information content (AvgIpc) is 2.75. The zero-order valence-corrected chi connectivity index (χ0v) is 14.6. The topological polar surface area (TPSA) is 23.6 Å². The number of carbonyl (C=O) groups is 1. The van der Waals surface area contributed by atoms with E-state index in [9.17, 15) is 4.79 Å². The molecule has 0 N–H and O–H groups in total. The molecule has 2 heterocycles. The van der Waals surface area contributed by atoms with Crippen molar-refractivity contribution in [3.8, 4) is 0 Å². The van der Waals surface area contributed by atoms with Crippen molar-refractivity contribution in [1.29, 1.82) is 0 Å². The van der Waals surface area contributed by atoms with E-state index < -0.39 is 0 Å². The number of thiocarbonyl (C=S) groups is 1. The quantitative estimate of drug-likeness (QED) is 0.603. The Morgan fingerprint density at radius 1 is 1.18 bits per heavy atom. The number of thioether (sulfide) groups is 1. The normalized spacial score (nSPS) is 21.1. The Bertz CT molecular complexity index is 648. The van der Waals surface area contributed by atoms with Crippen molar-refractivity contribution in [2.45, 2.75) is 33.1 Å². The van der Waals surface area contributed by atoms with Gasteiger partial charge in [0.1, 0.15) is 0 Å². The lowest BCUT2D eigenvalue weighted by Crippen LogP contribution is -2.29. The second-order valence-electron chi connectivity index (χ2n) is 5.89. The summed E-state index contributed by atoms with van der Waals surface area (Å²) in [4.78, 5) is 17.4. The van der Waals surface area contributed by atoms with Crippen LogP contribution in [0.25, 0.3) is 0 Å². The molecule has 0 saturated carbocycles. The summed E-state index contributed by atoms with van der Waals surface area (Å²) in [7, 11) is 0. The Morgan fingerprint density at radius 3 is 2.59 bits per heavy atom. The number of hydrogen-bond donors (Lipinski definition) is 0. The molecule has 0 radical (unpaired) electrons. The minimum Gasteiger partial charge on any atom is -0.376 e. The van der Waals surface area contributed by atoms with Crippen LogP contribution in [-0.4, -0.2) is 28.2 Å². The van der Waals surface area contributed by atoms with Crippen LogP contribution in [-0.2, 0) is 4.79 Å². The molecular formula is C17H20N2OS2. The van der Waals surface area contributed by atoms with Gasteiger partial charge in [-0.2, -0.15) is 0 Å². The third-order valence-electron chi connectivity index (χ3n) is 4.08. The molecule has 2 saturated heterocycles. The van der Waals surface area contributed by atoms with Crippen LogP contribution in [0.1, 0.15) is 30.4 Å². The van der Waals surface area contributed by atoms with Crippen LogP contribution in [0, 0.1) is 13.8 Å². The largest absolute Gasteiger partial charge is 0.376 e. The van der Waals surface area contributed by atoms with Crippen molar-refractivity contribution in [3.05, 3.63) is 40.4 Å². The summed E-state index contributed by atoms with van der Waals surface area (Å²) in [5.41, 5.74) is 3.17. The van der Waals surface area contributed by atoms with Crippen molar-refractivity contribution < 1.29 is 4.79 Å². The van der Waals surface area contributed by atoms with E-state index in [1.54, 1.807) is 4.90 Å². The SMILES string of the molecule is Cc1ccc(N2C(=O)C(=CN3CCCCC3)SC2=S)c(C)c1. The summed E-state index contributed by atoms with van der Waals surface area (Å²) in [6.45, 7) is 6.15. The maximum absolute atomic E-state index is 12.7. The van der Waals surface area contributed by atoms with Crippen LogP contribution >= 0.6 is 24.0 Å². The lowest BCUT2D eigenvalue weighted by atomic mass is 10.1. The summed E-state index contributed by atoms with van der Waals surface area (Å²) >= 11 is 6.86. The number of anilines is 1. The number of amides is 1. The molecule has 0 unspecified atom stereocenters. The summed E-state index contributed by atoms with van der Waals surface area (Å²) in [5, 5.41) is 0. The molecular weight excluding hydrogens is 312 g/mol. The van der Waals surface area contributed by atoms with Crippen LogP contribution in [0.4, 0.5) is 5.69 Å². The van der Waals surface area contributed by atoms with Gasteiger partial charge in [0.2, 0.25) is 0 Å². The molecule has 116 valence electrons. The molecule has 3 rings (SSSR count). The molecule has 22 heavy (non-hydrogen) atoms. The molecule has 0 bridgehead atoms. The lowest BCUT2D eigenvalue weighted by Gasteiger charge is -2.25. The number of aryl methyl sites for hydroxylation is 2. The number of benzene rings is 1. The summed E-state index contributed by atoms with van der Waals surface area (Å²) in [5.74, 6) is 0.00697. The summed E-state index contributed by atoms with van der Waals surface area (Å²) in [6, 6.07) is 6.09. The van der Waals surface area contributed by atoms with E-state index in [4.69, 9.17) is 12.2 Å². The Labute approximate surface area is 141 Å². The highest BCUT2D eigenvalue weighted by molar-refractivity contribution is 8.27. The van der Waals surface area contributed by atoms with E-state index in [1.165, 1.54) is 36.6 Å². The molecule has 2 fully saturated rings. The van der Waals surface area contributed by atoms with Gasteiger partial charge in [-0.1, -0.05) is 41.7 Å². The Kier molecular flexibility index (Phi) is 4.54. The maximum Gasteiger partial charge on any atom is 0.272 e. The third kappa shape index (κ3) is 3.06. The van der Waals surface area contributed by atoms with Crippen molar-refractivity contribution in [1.82, 2.24) is 4.90 Å². The van der Waals surface area contributed by atoms with E-state index in [0.29, 0.717) is 4.32 Å². The predicted octanol–water partition coefficient (Wildman–Crippen LogP) is 4.00. The molecule has 0 atom stereocenters. The first-order chi connectivity index (χ1) is 10.6. The monoisotopic (exact) mass is 332 g/mol. The molecule has 1 aromatic rings. The zero-order chi connectivity index (χ0) is 15.7. The molecule has 0 aromatic heterocycles. The fourth-order valence-corrected chi connectivity index (χ4v) is 4.23. The van der Waals surface area contributed by atoms with Gasteiger partial charge < -0.3 is 4.90 Å². The van der Waals surface area contributed by atoms with Crippen LogP contribution in [0.15, 0.2) is 29.3 Å². The van der Waals surface area contributed by atoms with Gasteiger partial charge in [-0.25, -0.2) is 0 Å². The van der Waals surface area contributed by atoms with E-state index >= 15 is 0 Å². The molecule has 0 aliphatic carbocycles. The predicted molar refractivity (Wildman–Crippen MR) is 97.1 cm³/mol. The minimum absolute atomic E-state index is 0.00697. The van der Waals surface area contributed by atoms with E-state index in [-0.39, 0.29) is 5.91 Å². The van der Waals surface area contributed by atoms with Crippen molar-refractivity contribution in [3.63, 3.8) is 0 Å². The van der Waals surface area contributed by atoms with Gasteiger partial charge in [-0.05, 0) is 44.7 Å². The number of piperidine rings is 1. The van der Waals surface area contributed by atoms with Crippen molar-refractivity contribution in [2.75, 3.05) is 18.0 Å². The maximum atomic E-state index is 12.7. The second-order valence-corrected chi connectivity index (χ2v) is 7.56. The number of carbonyl (C=O) groups excluding carboxylic acids is 1. The highest BCUT2D eigenvalue weighted by Gasteiger charge is 2.34. The number of hydrogen-bond acceptors (Lipinski definition) is 4. The summed E-state index contributed by atoms with van der Waals surface area (Å²) in [6.07, 6.45) is 5.69. The van der Waals surface area contributed by atoms with Gasteiger partial charge in [0, 0.05) is 19.3 Å². The summed E-state index contributed by atoms with van der Waals surface area (Å²) < 4.78 is 0.625. The highest BCUT2D eigenvalue weighted by Crippen LogP contribution is 2.36. The lowest BCUT2D eigenvalue weighted by molar-refractivity contribution is -0.113. The molecule has 2 aliphatic rings. The fraction of sp³-hybridized carbons (Fsp3) is 0.412. The van der Waals surface area contributed by atoms with Gasteiger partial charge >= 0.3 is 0 Å². The second kappa shape index (κ2) is 6.42. The minimum atomic E-state index is 0.00697. The van der Waals surface area contributed by atoms with Gasteiger partial charge in [0.05, 0.1) is 10.6 Å². The first-order valence-electron chi connectivity index (χ1n) is 7.65. The molecule has 2 aliphatic heterocycles. The van der Waals surface area contributed by atoms with Crippen LogP contribution in [0.5, 0.6) is 0 Å². The van der Waals surface area contributed by atoms with Crippen LogP contribution < -0.4 is 4.90 Å². The molecule has 0 spiro atoms. The van der Waals surface area contributed by atoms with E-state index in [2.05, 4.69) is 17.9 Å². The Balaban J connectivity index is 1.86. The highest BCUT2D eigenvalue weighted by atomic mass is 32.2. The number of rotatable bonds is 2. The fourth-order valence-electron chi connectivity index (χ4n) is 2.94. The smallest absolute Gasteiger partial charge is 0.272 e. The van der Waals surface area contributed by atoms with Crippen molar-refractivity contribution in [2.24, 2.45) is 0 Å². The number of nitrogens with zero attached hydrogens (tertiary/aromatic N) is 2. The molecule has 5 heteroatoms.